The van der Waals surface area contributed by atoms with Gasteiger partial charge in [-0.15, -0.1) is 0 Å². The molecule has 0 aromatic heterocycles. The van der Waals surface area contributed by atoms with Gasteiger partial charge in [-0.05, 0) is 13.8 Å². The molecule has 1 aliphatic heterocycles. The van der Waals surface area contributed by atoms with Gasteiger partial charge >= 0.3 is 0 Å². The summed E-state index contributed by atoms with van der Waals surface area (Å²) < 4.78 is 24.4. The van der Waals surface area contributed by atoms with Crippen LogP contribution in [0.2, 0.25) is 0 Å². The fourth-order valence-electron chi connectivity index (χ4n) is 1.75. The predicted molar refractivity (Wildman–Crippen MR) is 71.0 cm³/mol. The molecule has 1 rings (SSSR count). The molecule has 15 heavy (non-hydrogen) atoms. The molecule has 0 unspecified atom stereocenters. The normalized spacial score (nSPS) is 21.9. The fourth-order valence-corrected chi connectivity index (χ4v) is 3.06. The molecule has 6 heteroatoms. The zero-order valence-corrected chi connectivity index (χ0v) is 12.5. The standard InChI is InChI=1S/C9H19IN2O2S/c1-9(2,10)8-11-4-6-12(7-5-11)15(3,13)14/h4-8H2,1-3H3. The Kier molecular flexibility index (Phi) is 4.42. The van der Waals surface area contributed by atoms with E-state index in [0.717, 1.165) is 19.6 Å². The third-order valence-corrected chi connectivity index (χ3v) is 4.04. The van der Waals surface area contributed by atoms with Gasteiger partial charge in [-0.3, -0.25) is 4.90 Å². The Morgan fingerprint density at radius 3 is 2.00 bits per heavy atom. The number of sulfonamides is 1. The van der Waals surface area contributed by atoms with E-state index in [-0.39, 0.29) is 3.42 Å². The lowest BCUT2D eigenvalue weighted by Gasteiger charge is -2.36. The summed E-state index contributed by atoms with van der Waals surface area (Å²) in [7, 11) is -2.99. The molecule has 4 nitrogen and oxygen atoms in total. The molecule has 0 atom stereocenters. The Morgan fingerprint density at radius 2 is 1.67 bits per heavy atom. The molecular weight excluding hydrogens is 327 g/mol. The molecular formula is C9H19IN2O2S. The SMILES string of the molecule is CC(C)(I)CN1CCN(S(C)(=O)=O)CC1. The van der Waals surface area contributed by atoms with Crippen molar-refractivity contribution in [2.24, 2.45) is 0 Å². The first kappa shape index (κ1) is 13.7. The maximum atomic E-state index is 11.3. The van der Waals surface area contributed by atoms with Crippen molar-refractivity contribution in [3.05, 3.63) is 0 Å². The second-order valence-electron chi connectivity index (χ2n) is 4.66. The molecule has 0 spiro atoms. The largest absolute Gasteiger partial charge is 0.299 e. The topological polar surface area (TPSA) is 40.6 Å². The molecule has 1 fully saturated rings. The number of hydrogen-bond donors (Lipinski definition) is 0. The minimum Gasteiger partial charge on any atom is -0.299 e. The molecule has 0 aliphatic carbocycles. The number of halogens is 1. The third kappa shape index (κ3) is 4.97. The summed E-state index contributed by atoms with van der Waals surface area (Å²) in [5, 5.41) is 0. The summed E-state index contributed by atoms with van der Waals surface area (Å²) in [6.07, 6.45) is 1.28. The molecule has 1 aliphatic rings. The van der Waals surface area contributed by atoms with E-state index in [9.17, 15) is 8.42 Å². The van der Waals surface area contributed by atoms with Crippen molar-refractivity contribution in [2.45, 2.75) is 17.3 Å². The highest BCUT2D eigenvalue weighted by molar-refractivity contribution is 14.1. The first-order valence-corrected chi connectivity index (χ1v) is 7.97. The van der Waals surface area contributed by atoms with Crippen LogP contribution in [0.5, 0.6) is 0 Å². The monoisotopic (exact) mass is 346 g/mol. The zero-order valence-electron chi connectivity index (χ0n) is 9.53. The van der Waals surface area contributed by atoms with E-state index < -0.39 is 10.0 Å². The van der Waals surface area contributed by atoms with Crippen LogP contribution in [0.15, 0.2) is 0 Å². The number of hydrogen-bond acceptors (Lipinski definition) is 3. The van der Waals surface area contributed by atoms with E-state index in [1.54, 1.807) is 4.31 Å². The van der Waals surface area contributed by atoms with E-state index >= 15 is 0 Å². The van der Waals surface area contributed by atoms with Crippen LogP contribution in [-0.4, -0.2) is 60.0 Å². The van der Waals surface area contributed by atoms with Gasteiger partial charge in [0.05, 0.1) is 6.26 Å². The molecule has 0 radical (unpaired) electrons. The van der Waals surface area contributed by atoms with Crippen LogP contribution in [0.1, 0.15) is 13.8 Å². The molecule has 0 N–H and O–H groups in total. The lowest BCUT2D eigenvalue weighted by Crippen LogP contribution is -2.50. The Labute approximate surface area is 106 Å². The number of alkyl halides is 1. The van der Waals surface area contributed by atoms with Crippen LogP contribution in [0, 0.1) is 0 Å². The lowest BCUT2D eigenvalue weighted by atomic mass is 10.2. The molecule has 0 aromatic carbocycles. The molecule has 0 amide bonds. The van der Waals surface area contributed by atoms with Gasteiger partial charge in [0.15, 0.2) is 0 Å². The fraction of sp³-hybridized carbons (Fsp3) is 1.00. The van der Waals surface area contributed by atoms with Crippen molar-refractivity contribution >= 4 is 32.6 Å². The first-order valence-electron chi connectivity index (χ1n) is 5.05. The van der Waals surface area contributed by atoms with E-state index in [1.165, 1.54) is 6.26 Å². The van der Waals surface area contributed by atoms with Crippen molar-refractivity contribution in [3.8, 4) is 0 Å². The first-order chi connectivity index (χ1) is 6.68. The lowest BCUT2D eigenvalue weighted by molar-refractivity contribution is 0.182. The Bertz CT molecular complexity index is 303. The minimum atomic E-state index is -2.99. The van der Waals surface area contributed by atoms with Gasteiger partial charge in [0.2, 0.25) is 10.0 Å². The van der Waals surface area contributed by atoms with Crippen molar-refractivity contribution in [1.29, 1.82) is 0 Å². The summed E-state index contributed by atoms with van der Waals surface area (Å²) in [5.74, 6) is 0. The summed E-state index contributed by atoms with van der Waals surface area (Å²) in [6, 6.07) is 0. The van der Waals surface area contributed by atoms with Crippen LogP contribution in [0.4, 0.5) is 0 Å². The average Bonchev–Trinajstić information content (AvgIpc) is 2.00. The van der Waals surface area contributed by atoms with E-state index in [0.29, 0.717) is 13.1 Å². The highest BCUT2D eigenvalue weighted by Gasteiger charge is 2.26. The van der Waals surface area contributed by atoms with Gasteiger partial charge < -0.3 is 0 Å². The smallest absolute Gasteiger partial charge is 0.211 e. The second kappa shape index (κ2) is 4.85. The summed E-state index contributed by atoms with van der Waals surface area (Å²) in [6.45, 7) is 8.36. The maximum Gasteiger partial charge on any atom is 0.211 e. The molecule has 90 valence electrons. The van der Waals surface area contributed by atoms with E-state index in [1.807, 2.05) is 0 Å². The van der Waals surface area contributed by atoms with Gasteiger partial charge in [0.1, 0.15) is 0 Å². The van der Waals surface area contributed by atoms with Gasteiger partial charge in [-0.1, -0.05) is 22.6 Å². The number of nitrogens with zero attached hydrogens (tertiary/aromatic N) is 2. The minimum absolute atomic E-state index is 0.255. The van der Waals surface area contributed by atoms with Crippen molar-refractivity contribution in [1.82, 2.24) is 9.21 Å². The Morgan fingerprint density at radius 1 is 1.20 bits per heavy atom. The van der Waals surface area contributed by atoms with Gasteiger partial charge in [0.25, 0.3) is 0 Å². The highest BCUT2D eigenvalue weighted by Crippen LogP contribution is 2.19. The van der Waals surface area contributed by atoms with Crippen molar-refractivity contribution < 1.29 is 8.42 Å². The van der Waals surface area contributed by atoms with Gasteiger partial charge in [0, 0.05) is 36.1 Å². The summed E-state index contributed by atoms with van der Waals surface area (Å²) in [4.78, 5) is 2.33. The van der Waals surface area contributed by atoms with Gasteiger partial charge in [-0.25, -0.2) is 8.42 Å². The van der Waals surface area contributed by atoms with Gasteiger partial charge in [-0.2, -0.15) is 4.31 Å². The summed E-state index contributed by atoms with van der Waals surface area (Å²) in [5.41, 5.74) is 0. The van der Waals surface area contributed by atoms with Crippen molar-refractivity contribution in [2.75, 3.05) is 39.0 Å². The zero-order chi connectivity index (χ0) is 11.7. The molecule has 1 heterocycles. The number of piperazine rings is 1. The highest BCUT2D eigenvalue weighted by atomic mass is 127. The average molecular weight is 346 g/mol. The predicted octanol–water partition coefficient (Wildman–Crippen LogP) is 0.777. The van der Waals surface area contributed by atoms with E-state index in [4.69, 9.17) is 0 Å². The molecule has 0 bridgehead atoms. The second-order valence-corrected chi connectivity index (χ2v) is 9.56. The third-order valence-electron chi connectivity index (χ3n) is 2.40. The summed E-state index contributed by atoms with van der Waals surface area (Å²) >= 11 is 2.43. The number of rotatable bonds is 3. The van der Waals surface area contributed by atoms with Crippen LogP contribution in [0.25, 0.3) is 0 Å². The van der Waals surface area contributed by atoms with Crippen LogP contribution in [-0.2, 0) is 10.0 Å². The molecule has 1 saturated heterocycles. The Hall–Kier alpha value is 0.600. The van der Waals surface area contributed by atoms with Crippen LogP contribution in [0.3, 0.4) is 0 Å². The maximum absolute atomic E-state index is 11.3. The van der Waals surface area contributed by atoms with Crippen LogP contribution >= 0.6 is 22.6 Å². The van der Waals surface area contributed by atoms with Crippen molar-refractivity contribution in [3.63, 3.8) is 0 Å². The van der Waals surface area contributed by atoms with E-state index in [2.05, 4.69) is 41.3 Å². The van der Waals surface area contributed by atoms with Crippen LogP contribution < -0.4 is 0 Å². The molecule has 0 aromatic rings. The Balaban J connectivity index is 2.43. The quantitative estimate of drug-likeness (QED) is 0.560. The molecule has 0 saturated carbocycles.